The Hall–Kier alpha value is -2.55. The minimum absolute atomic E-state index is 0.0199. The molecule has 0 unspecified atom stereocenters. The maximum atomic E-state index is 12.2. The zero-order valence-corrected chi connectivity index (χ0v) is 20.9. The van der Waals surface area contributed by atoms with Gasteiger partial charge in [0.05, 0.1) is 5.56 Å². The number of allylic oxidation sites excluding steroid dienone is 1. The summed E-state index contributed by atoms with van der Waals surface area (Å²) in [5.41, 5.74) is 1.03. The van der Waals surface area contributed by atoms with Crippen molar-refractivity contribution in [2.24, 2.45) is 5.41 Å². The summed E-state index contributed by atoms with van der Waals surface area (Å²) in [5.74, 6) is 6.77. The van der Waals surface area contributed by atoms with E-state index in [0.29, 0.717) is 5.56 Å². The molecule has 32 heavy (non-hydrogen) atoms. The summed E-state index contributed by atoms with van der Waals surface area (Å²) >= 11 is 1.47. The first-order valence-electron chi connectivity index (χ1n) is 11.0. The lowest BCUT2D eigenvalue weighted by atomic mass is 9.98. The second kappa shape index (κ2) is 11.9. The predicted molar refractivity (Wildman–Crippen MR) is 133 cm³/mol. The molecule has 0 aliphatic rings. The maximum Gasteiger partial charge on any atom is 0.339 e. The highest BCUT2D eigenvalue weighted by Crippen LogP contribution is 2.20. The summed E-state index contributed by atoms with van der Waals surface area (Å²) in [4.78, 5) is 14.6. The van der Waals surface area contributed by atoms with Crippen molar-refractivity contribution in [1.29, 1.82) is 0 Å². The molecular formula is C27H35NO3S. The van der Waals surface area contributed by atoms with E-state index in [2.05, 4.69) is 56.6 Å². The predicted octanol–water partition coefficient (Wildman–Crippen LogP) is 6.19. The van der Waals surface area contributed by atoms with E-state index in [0.717, 1.165) is 25.4 Å². The van der Waals surface area contributed by atoms with E-state index < -0.39 is 5.60 Å². The molecule has 0 radical (unpaired) electrons. The third-order valence-corrected chi connectivity index (χ3v) is 5.16. The van der Waals surface area contributed by atoms with Gasteiger partial charge < -0.3 is 9.47 Å². The number of carbonyl (C=O) groups is 1. The monoisotopic (exact) mass is 453 g/mol. The van der Waals surface area contributed by atoms with E-state index in [4.69, 9.17) is 9.47 Å². The highest BCUT2D eigenvalue weighted by molar-refractivity contribution is 7.08. The number of esters is 1. The normalized spacial score (nSPS) is 12.0. The lowest BCUT2D eigenvalue weighted by Crippen LogP contribution is -2.34. The molecular weight excluding hydrogens is 418 g/mol. The minimum Gasteiger partial charge on any atom is -0.489 e. The summed E-state index contributed by atoms with van der Waals surface area (Å²) in [6.07, 6.45) is 4.04. The number of rotatable bonds is 10. The Kier molecular flexibility index (Phi) is 9.56. The molecule has 1 aromatic carbocycles. The van der Waals surface area contributed by atoms with Crippen molar-refractivity contribution in [3.8, 4) is 17.6 Å². The van der Waals surface area contributed by atoms with E-state index in [-0.39, 0.29) is 18.0 Å². The molecule has 5 heteroatoms. The van der Waals surface area contributed by atoms with Crippen molar-refractivity contribution in [3.05, 3.63) is 64.4 Å². The van der Waals surface area contributed by atoms with Crippen LogP contribution < -0.4 is 4.74 Å². The smallest absolute Gasteiger partial charge is 0.339 e. The summed E-state index contributed by atoms with van der Waals surface area (Å²) in [6.45, 7) is 15.1. The molecule has 0 saturated heterocycles. The van der Waals surface area contributed by atoms with Crippen LogP contribution in [0.3, 0.4) is 0 Å². The van der Waals surface area contributed by atoms with Crippen LogP contribution in [0.2, 0.25) is 0 Å². The SMILES string of the molecule is CCN(C/C=C/C#CC(C)(C)C)Cc1cccc(OCC(C)(C)OC(=O)c2ccsc2)c1. The second-order valence-electron chi connectivity index (χ2n) is 9.35. The van der Waals surface area contributed by atoms with Crippen LogP contribution in [0.25, 0.3) is 0 Å². The van der Waals surface area contributed by atoms with Gasteiger partial charge in [-0.3, -0.25) is 4.90 Å². The van der Waals surface area contributed by atoms with Gasteiger partial charge in [-0.25, -0.2) is 4.79 Å². The van der Waals surface area contributed by atoms with Gasteiger partial charge in [-0.1, -0.05) is 37.0 Å². The van der Waals surface area contributed by atoms with E-state index in [1.165, 1.54) is 16.9 Å². The molecule has 0 spiro atoms. The average molecular weight is 454 g/mol. The molecule has 0 fully saturated rings. The van der Waals surface area contributed by atoms with Gasteiger partial charge in [-0.2, -0.15) is 11.3 Å². The van der Waals surface area contributed by atoms with E-state index in [1.807, 2.05) is 43.5 Å². The molecule has 1 aromatic heterocycles. The van der Waals surface area contributed by atoms with E-state index in [1.54, 1.807) is 11.4 Å². The fraction of sp³-hybridized carbons (Fsp3) is 0.444. The van der Waals surface area contributed by atoms with Crippen molar-refractivity contribution < 1.29 is 14.3 Å². The Morgan fingerprint density at radius 3 is 2.62 bits per heavy atom. The zero-order chi connectivity index (χ0) is 23.6. The fourth-order valence-electron chi connectivity index (χ4n) is 2.79. The summed E-state index contributed by atoms with van der Waals surface area (Å²) < 4.78 is 11.6. The molecule has 0 atom stereocenters. The van der Waals surface area contributed by atoms with Gasteiger partial charge in [-0.15, -0.1) is 0 Å². The molecule has 4 nitrogen and oxygen atoms in total. The fourth-order valence-corrected chi connectivity index (χ4v) is 3.42. The summed E-state index contributed by atoms with van der Waals surface area (Å²) in [5, 5.41) is 3.65. The Balaban J connectivity index is 1.89. The Morgan fingerprint density at radius 1 is 1.19 bits per heavy atom. The van der Waals surface area contributed by atoms with Gasteiger partial charge in [0.15, 0.2) is 0 Å². The third-order valence-electron chi connectivity index (χ3n) is 4.48. The maximum absolute atomic E-state index is 12.2. The van der Waals surface area contributed by atoms with Crippen LogP contribution in [0.4, 0.5) is 0 Å². The third kappa shape index (κ3) is 9.72. The van der Waals surface area contributed by atoms with Crippen LogP contribution in [0.1, 0.15) is 57.5 Å². The van der Waals surface area contributed by atoms with Crippen LogP contribution in [0.15, 0.2) is 53.2 Å². The molecule has 2 aromatic rings. The summed E-state index contributed by atoms with van der Waals surface area (Å²) in [6, 6.07) is 9.83. The molecule has 0 aliphatic carbocycles. The van der Waals surface area contributed by atoms with Gasteiger partial charge in [0.1, 0.15) is 18.0 Å². The number of hydrogen-bond donors (Lipinski definition) is 0. The van der Waals surface area contributed by atoms with Crippen molar-refractivity contribution in [2.45, 2.75) is 53.7 Å². The number of carbonyl (C=O) groups excluding carboxylic acids is 1. The van der Waals surface area contributed by atoms with E-state index in [9.17, 15) is 4.79 Å². The first kappa shape index (κ1) is 25.7. The Morgan fingerprint density at radius 2 is 1.97 bits per heavy atom. The van der Waals surface area contributed by atoms with Crippen molar-refractivity contribution in [1.82, 2.24) is 4.90 Å². The number of benzene rings is 1. The van der Waals surface area contributed by atoms with Gasteiger partial charge in [0.25, 0.3) is 0 Å². The van der Waals surface area contributed by atoms with Crippen LogP contribution in [-0.4, -0.2) is 36.2 Å². The van der Waals surface area contributed by atoms with Crippen LogP contribution in [-0.2, 0) is 11.3 Å². The molecule has 0 aliphatic heterocycles. The van der Waals surface area contributed by atoms with Crippen LogP contribution in [0, 0.1) is 17.3 Å². The van der Waals surface area contributed by atoms with Gasteiger partial charge in [0, 0.05) is 23.9 Å². The lowest BCUT2D eigenvalue weighted by molar-refractivity contribution is -0.0212. The number of nitrogens with zero attached hydrogens (tertiary/aromatic N) is 1. The molecule has 0 amide bonds. The van der Waals surface area contributed by atoms with Crippen LogP contribution >= 0.6 is 11.3 Å². The number of ether oxygens (including phenoxy) is 2. The standard InChI is InChI=1S/C27H35NO3S/c1-7-28(16-10-8-9-15-26(2,3)4)19-22-12-11-13-24(18-22)30-21-27(5,6)31-25(29)23-14-17-32-20-23/h8,10-14,17-18,20H,7,16,19,21H2,1-6H3/b10-8+. The van der Waals surface area contributed by atoms with Crippen molar-refractivity contribution in [3.63, 3.8) is 0 Å². The Labute approximate surface area is 197 Å². The molecule has 0 bridgehead atoms. The highest BCUT2D eigenvalue weighted by atomic mass is 32.1. The molecule has 0 saturated carbocycles. The summed E-state index contributed by atoms with van der Waals surface area (Å²) in [7, 11) is 0. The van der Waals surface area contributed by atoms with Gasteiger partial charge in [-0.05, 0) is 76.4 Å². The van der Waals surface area contributed by atoms with Gasteiger partial charge in [0.2, 0.25) is 0 Å². The Bertz CT molecular complexity index is 943. The van der Waals surface area contributed by atoms with Crippen molar-refractivity contribution in [2.75, 3.05) is 19.7 Å². The topological polar surface area (TPSA) is 38.8 Å². The minimum atomic E-state index is -0.733. The van der Waals surface area contributed by atoms with Crippen LogP contribution in [0.5, 0.6) is 5.75 Å². The largest absolute Gasteiger partial charge is 0.489 e. The van der Waals surface area contributed by atoms with E-state index >= 15 is 0 Å². The number of thiophene rings is 1. The quantitative estimate of drug-likeness (QED) is 0.318. The zero-order valence-electron chi connectivity index (χ0n) is 20.1. The number of hydrogen-bond acceptors (Lipinski definition) is 5. The van der Waals surface area contributed by atoms with Gasteiger partial charge >= 0.3 is 5.97 Å². The lowest BCUT2D eigenvalue weighted by Gasteiger charge is -2.25. The second-order valence-corrected chi connectivity index (χ2v) is 10.1. The molecule has 172 valence electrons. The number of likely N-dealkylation sites (N-methyl/N-ethyl adjacent to an activating group) is 1. The first-order chi connectivity index (χ1) is 15.1. The van der Waals surface area contributed by atoms with Crippen molar-refractivity contribution >= 4 is 17.3 Å². The molecule has 1 heterocycles. The highest BCUT2D eigenvalue weighted by Gasteiger charge is 2.25. The average Bonchev–Trinajstić information content (AvgIpc) is 3.25. The molecule has 2 rings (SSSR count). The molecule has 0 N–H and O–H groups in total. The first-order valence-corrected chi connectivity index (χ1v) is 11.9.